The second-order valence-corrected chi connectivity index (χ2v) is 7.46. The van der Waals surface area contributed by atoms with Gasteiger partial charge in [0.15, 0.2) is 0 Å². The maximum atomic E-state index is 9.04. The predicted molar refractivity (Wildman–Crippen MR) is 94.8 cm³/mol. The molecule has 0 saturated heterocycles. The van der Waals surface area contributed by atoms with Crippen molar-refractivity contribution in [2.75, 3.05) is 0 Å². The highest BCUT2D eigenvalue weighted by Gasteiger charge is 2.43. The first-order valence-corrected chi connectivity index (χ1v) is 8.20. The van der Waals surface area contributed by atoms with Gasteiger partial charge in [0, 0.05) is 17.2 Å². The Morgan fingerprint density at radius 2 is 1.92 bits per heavy atom. The molecule has 0 spiro atoms. The van der Waals surface area contributed by atoms with Crippen LogP contribution in [0.5, 0.6) is 5.75 Å². The van der Waals surface area contributed by atoms with Gasteiger partial charge in [-0.1, -0.05) is 25.8 Å². The van der Waals surface area contributed by atoms with Gasteiger partial charge in [0.2, 0.25) is 0 Å². The van der Waals surface area contributed by atoms with Gasteiger partial charge < -0.3 is 9.84 Å². The lowest BCUT2D eigenvalue weighted by Gasteiger charge is -2.46. The monoisotopic (exact) mass is 321 g/mol. The Labute approximate surface area is 143 Å². The maximum Gasteiger partial charge on any atom is 0.123 e. The molecule has 3 rings (SSSR count). The van der Waals surface area contributed by atoms with Crippen LogP contribution in [0.15, 0.2) is 36.5 Å². The molecule has 0 amide bonds. The number of hydrogen-bond donors (Lipinski definition) is 1. The molecular formula is C21H23NO2. The van der Waals surface area contributed by atoms with Gasteiger partial charge in [0.1, 0.15) is 17.0 Å². The zero-order valence-corrected chi connectivity index (χ0v) is 14.7. The Balaban J connectivity index is 1.86. The molecule has 0 fully saturated rings. The minimum Gasteiger partial charge on any atom is -0.487 e. The minimum absolute atomic E-state index is 0.00232. The van der Waals surface area contributed by atoms with Crippen LogP contribution >= 0.6 is 0 Å². The molecule has 3 heteroatoms. The number of benzene rings is 1. The van der Waals surface area contributed by atoms with Gasteiger partial charge in [-0.05, 0) is 61.6 Å². The van der Waals surface area contributed by atoms with Crippen LogP contribution in [0.3, 0.4) is 0 Å². The van der Waals surface area contributed by atoms with Crippen LogP contribution in [0.1, 0.15) is 50.1 Å². The standard InChI is InChI=1S/C21H23NO2/c1-20(2)12-17-11-15(7-10-19(17)24-21(20,3)4)5-8-18-9-6-16(14-23)13-22-18/h6-7,9-11,13,23H,12,14H2,1-4H3. The fourth-order valence-electron chi connectivity index (χ4n) is 2.73. The number of fused-ring (bicyclic) bond motifs is 1. The number of hydrogen-bond acceptors (Lipinski definition) is 3. The lowest BCUT2D eigenvalue weighted by atomic mass is 9.71. The molecule has 1 aliphatic rings. The zero-order valence-electron chi connectivity index (χ0n) is 14.7. The quantitative estimate of drug-likeness (QED) is 0.814. The summed E-state index contributed by atoms with van der Waals surface area (Å²) in [4.78, 5) is 4.24. The third kappa shape index (κ3) is 3.16. The van der Waals surface area contributed by atoms with Crippen molar-refractivity contribution in [3.8, 4) is 17.6 Å². The summed E-state index contributed by atoms with van der Waals surface area (Å²) in [6, 6.07) is 9.77. The van der Waals surface area contributed by atoms with E-state index < -0.39 is 0 Å². The van der Waals surface area contributed by atoms with E-state index in [9.17, 15) is 0 Å². The van der Waals surface area contributed by atoms with Crippen LogP contribution in [0.4, 0.5) is 0 Å². The minimum atomic E-state index is -0.189. The van der Waals surface area contributed by atoms with E-state index in [0.29, 0.717) is 5.69 Å². The molecule has 0 bridgehead atoms. The van der Waals surface area contributed by atoms with E-state index >= 15 is 0 Å². The third-order valence-electron chi connectivity index (χ3n) is 5.03. The normalized spacial score (nSPS) is 17.2. The van der Waals surface area contributed by atoms with E-state index in [4.69, 9.17) is 9.84 Å². The number of aromatic nitrogens is 1. The van der Waals surface area contributed by atoms with Crippen molar-refractivity contribution >= 4 is 0 Å². The zero-order chi connectivity index (χ0) is 17.4. The molecular weight excluding hydrogens is 298 g/mol. The van der Waals surface area contributed by atoms with Crippen LogP contribution in [0, 0.1) is 17.3 Å². The van der Waals surface area contributed by atoms with Crippen LogP contribution in [0.25, 0.3) is 0 Å². The lowest BCUT2D eigenvalue weighted by Crippen LogP contribution is -2.48. The smallest absolute Gasteiger partial charge is 0.123 e. The van der Waals surface area contributed by atoms with E-state index in [1.165, 1.54) is 5.56 Å². The van der Waals surface area contributed by atoms with Gasteiger partial charge in [-0.25, -0.2) is 4.98 Å². The molecule has 124 valence electrons. The van der Waals surface area contributed by atoms with Gasteiger partial charge in [-0.2, -0.15) is 0 Å². The summed E-state index contributed by atoms with van der Waals surface area (Å²) < 4.78 is 6.19. The molecule has 0 aliphatic carbocycles. The maximum absolute atomic E-state index is 9.04. The second kappa shape index (κ2) is 5.96. The first kappa shape index (κ1) is 16.5. The van der Waals surface area contributed by atoms with Crippen molar-refractivity contribution in [2.45, 2.75) is 46.3 Å². The van der Waals surface area contributed by atoms with E-state index in [1.54, 1.807) is 6.20 Å². The number of aliphatic hydroxyl groups is 1. The summed E-state index contributed by atoms with van der Waals surface area (Å²) in [5, 5.41) is 9.04. The fraction of sp³-hybridized carbons (Fsp3) is 0.381. The Kier molecular flexibility index (Phi) is 4.11. The lowest BCUT2D eigenvalue weighted by molar-refractivity contribution is -0.0270. The number of ether oxygens (including phenoxy) is 1. The number of rotatable bonds is 1. The highest BCUT2D eigenvalue weighted by molar-refractivity contribution is 5.48. The van der Waals surface area contributed by atoms with Crippen molar-refractivity contribution in [2.24, 2.45) is 5.41 Å². The van der Waals surface area contributed by atoms with Crippen molar-refractivity contribution < 1.29 is 9.84 Å². The highest BCUT2D eigenvalue weighted by atomic mass is 16.5. The summed E-state index contributed by atoms with van der Waals surface area (Å²) in [6.45, 7) is 8.76. The molecule has 24 heavy (non-hydrogen) atoms. The Morgan fingerprint density at radius 3 is 2.58 bits per heavy atom. The average Bonchev–Trinajstić information content (AvgIpc) is 2.54. The largest absolute Gasteiger partial charge is 0.487 e. The molecule has 2 heterocycles. The summed E-state index contributed by atoms with van der Waals surface area (Å²) in [5.41, 5.74) is 3.52. The molecule has 1 aromatic carbocycles. The van der Waals surface area contributed by atoms with Crippen molar-refractivity contribution in [1.82, 2.24) is 4.98 Å². The van der Waals surface area contributed by atoms with Crippen molar-refractivity contribution in [3.05, 3.63) is 58.9 Å². The summed E-state index contributed by atoms with van der Waals surface area (Å²) in [7, 11) is 0. The predicted octanol–water partition coefficient (Wildman–Crippen LogP) is 3.71. The van der Waals surface area contributed by atoms with Gasteiger partial charge in [0.25, 0.3) is 0 Å². The summed E-state index contributed by atoms with van der Waals surface area (Å²) >= 11 is 0. The topological polar surface area (TPSA) is 42.4 Å². The average molecular weight is 321 g/mol. The van der Waals surface area contributed by atoms with Crippen LogP contribution in [-0.4, -0.2) is 15.7 Å². The molecule has 2 aromatic rings. The Morgan fingerprint density at radius 1 is 1.12 bits per heavy atom. The first-order chi connectivity index (χ1) is 11.3. The van der Waals surface area contributed by atoms with Crippen LogP contribution < -0.4 is 4.74 Å². The Hall–Kier alpha value is -2.31. The van der Waals surface area contributed by atoms with Gasteiger partial charge in [0.05, 0.1) is 6.61 Å². The molecule has 0 atom stereocenters. The van der Waals surface area contributed by atoms with Crippen LogP contribution in [0.2, 0.25) is 0 Å². The van der Waals surface area contributed by atoms with E-state index in [-0.39, 0.29) is 17.6 Å². The fourth-order valence-corrected chi connectivity index (χ4v) is 2.73. The Bertz CT molecular complexity index is 808. The summed E-state index contributed by atoms with van der Waals surface area (Å²) in [6.07, 6.45) is 2.61. The number of pyridine rings is 1. The van der Waals surface area contributed by atoms with Crippen LogP contribution in [-0.2, 0) is 13.0 Å². The molecule has 0 radical (unpaired) electrons. The van der Waals surface area contributed by atoms with Gasteiger partial charge >= 0.3 is 0 Å². The van der Waals surface area contributed by atoms with Gasteiger partial charge in [-0.3, -0.25) is 0 Å². The summed E-state index contributed by atoms with van der Waals surface area (Å²) in [5.74, 6) is 7.19. The molecule has 0 unspecified atom stereocenters. The molecule has 1 aliphatic heterocycles. The van der Waals surface area contributed by atoms with E-state index in [2.05, 4.69) is 50.6 Å². The number of aliphatic hydroxyl groups excluding tert-OH is 1. The first-order valence-electron chi connectivity index (χ1n) is 8.20. The SMILES string of the molecule is CC1(C)Cc2cc(C#Cc3ccc(CO)cn3)ccc2OC1(C)C. The highest BCUT2D eigenvalue weighted by Crippen LogP contribution is 2.44. The molecule has 3 nitrogen and oxygen atoms in total. The van der Waals surface area contributed by atoms with E-state index in [0.717, 1.165) is 23.3 Å². The van der Waals surface area contributed by atoms with Crippen molar-refractivity contribution in [1.29, 1.82) is 0 Å². The van der Waals surface area contributed by atoms with Gasteiger partial charge in [-0.15, -0.1) is 0 Å². The molecule has 1 aromatic heterocycles. The molecule has 1 N–H and O–H groups in total. The number of nitrogens with zero attached hydrogens (tertiary/aromatic N) is 1. The molecule has 0 saturated carbocycles. The van der Waals surface area contributed by atoms with E-state index in [1.807, 2.05) is 24.3 Å². The third-order valence-corrected chi connectivity index (χ3v) is 5.03. The second-order valence-electron chi connectivity index (χ2n) is 7.46. The van der Waals surface area contributed by atoms with Crippen molar-refractivity contribution in [3.63, 3.8) is 0 Å².